The van der Waals surface area contributed by atoms with Crippen molar-refractivity contribution in [3.8, 4) is 5.75 Å². The molecule has 0 radical (unpaired) electrons. The van der Waals surface area contributed by atoms with Crippen LogP contribution in [0.3, 0.4) is 0 Å². The molecule has 0 heterocycles. The summed E-state index contributed by atoms with van der Waals surface area (Å²) in [5.41, 5.74) is 8.27. The summed E-state index contributed by atoms with van der Waals surface area (Å²) in [6.45, 7) is 5.14. The molecule has 0 saturated heterocycles. The highest BCUT2D eigenvalue weighted by molar-refractivity contribution is 5.39. The fourth-order valence-electron chi connectivity index (χ4n) is 2.34. The lowest BCUT2D eigenvalue weighted by atomic mass is 9.88. The van der Waals surface area contributed by atoms with Gasteiger partial charge in [0.1, 0.15) is 5.75 Å². The number of ether oxygens (including phenoxy) is 1. The van der Waals surface area contributed by atoms with Crippen molar-refractivity contribution in [3.05, 3.63) is 29.3 Å². The molecule has 1 atom stereocenters. The molecule has 0 fully saturated rings. The van der Waals surface area contributed by atoms with E-state index in [1.165, 1.54) is 24.0 Å². The van der Waals surface area contributed by atoms with Crippen LogP contribution in [-0.4, -0.2) is 13.7 Å². The number of rotatable bonds is 7. The number of hydrogen-bond acceptors (Lipinski definition) is 2. The van der Waals surface area contributed by atoms with Gasteiger partial charge in [-0.05, 0) is 50.3 Å². The summed E-state index contributed by atoms with van der Waals surface area (Å²) in [4.78, 5) is 0. The first-order valence-electron chi connectivity index (χ1n) is 6.57. The van der Waals surface area contributed by atoms with Gasteiger partial charge in [-0.1, -0.05) is 31.0 Å². The molecule has 0 saturated carbocycles. The van der Waals surface area contributed by atoms with Gasteiger partial charge in [0.15, 0.2) is 0 Å². The Hall–Kier alpha value is -1.02. The van der Waals surface area contributed by atoms with Gasteiger partial charge >= 0.3 is 0 Å². The van der Waals surface area contributed by atoms with Crippen molar-refractivity contribution < 1.29 is 4.74 Å². The summed E-state index contributed by atoms with van der Waals surface area (Å²) in [6, 6.07) is 6.44. The zero-order valence-electron chi connectivity index (χ0n) is 11.3. The zero-order valence-corrected chi connectivity index (χ0v) is 11.3. The van der Waals surface area contributed by atoms with Crippen LogP contribution < -0.4 is 10.5 Å². The molecular formula is C15H25NO. The summed E-state index contributed by atoms with van der Waals surface area (Å²) < 4.78 is 5.48. The molecule has 0 aliphatic carbocycles. The van der Waals surface area contributed by atoms with Crippen molar-refractivity contribution in [2.45, 2.75) is 45.4 Å². The van der Waals surface area contributed by atoms with Crippen molar-refractivity contribution in [1.82, 2.24) is 0 Å². The minimum Gasteiger partial charge on any atom is -0.496 e. The summed E-state index contributed by atoms with van der Waals surface area (Å²) >= 11 is 0. The van der Waals surface area contributed by atoms with E-state index in [-0.39, 0.29) is 0 Å². The van der Waals surface area contributed by atoms with Crippen LogP contribution in [0.2, 0.25) is 0 Å². The molecule has 2 N–H and O–H groups in total. The Labute approximate surface area is 105 Å². The molecule has 1 rings (SSSR count). The lowest BCUT2D eigenvalue weighted by molar-refractivity contribution is 0.400. The van der Waals surface area contributed by atoms with Crippen LogP contribution in [0.25, 0.3) is 0 Å². The molecule has 1 aromatic rings. The van der Waals surface area contributed by atoms with Crippen molar-refractivity contribution in [2.75, 3.05) is 13.7 Å². The van der Waals surface area contributed by atoms with Crippen molar-refractivity contribution in [2.24, 2.45) is 5.73 Å². The molecule has 0 spiro atoms. The molecule has 0 aliphatic heterocycles. The standard InChI is InChI=1S/C15H25NO/c1-4-6-13(7-5-10-16)14-11-12(2)8-9-15(14)17-3/h8-9,11,13H,4-7,10,16H2,1-3H3. The van der Waals surface area contributed by atoms with Crippen LogP contribution >= 0.6 is 0 Å². The van der Waals surface area contributed by atoms with Gasteiger partial charge in [0, 0.05) is 0 Å². The highest BCUT2D eigenvalue weighted by Gasteiger charge is 2.15. The lowest BCUT2D eigenvalue weighted by Gasteiger charge is -2.19. The molecule has 0 aromatic heterocycles. The Kier molecular flexibility index (Phi) is 6.06. The SMILES string of the molecule is CCCC(CCCN)c1cc(C)ccc1OC. The molecule has 1 unspecified atom stereocenters. The Morgan fingerprint density at radius 1 is 1.29 bits per heavy atom. The fourth-order valence-corrected chi connectivity index (χ4v) is 2.34. The summed E-state index contributed by atoms with van der Waals surface area (Å²) in [6.07, 6.45) is 4.65. The lowest BCUT2D eigenvalue weighted by Crippen LogP contribution is -2.06. The molecule has 2 nitrogen and oxygen atoms in total. The maximum absolute atomic E-state index is 5.62. The van der Waals surface area contributed by atoms with Gasteiger partial charge in [0.2, 0.25) is 0 Å². The monoisotopic (exact) mass is 235 g/mol. The van der Waals surface area contributed by atoms with Gasteiger partial charge in [-0.2, -0.15) is 0 Å². The first-order valence-corrected chi connectivity index (χ1v) is 6.57. The second-order valence-electron chi connectivity index (χ2n) is 4.66. The number of nitrogens with two attached hydrogens (primary N) is 1. The highest BCUT2D eigenvalue weighted by atomic mass is 16.5. The third kappa shape index (κ3) is 4.04. The topological polar surface area (TPSA) is 35.2 Å². The van der Waals surface area contributed by atoms with E-state index in [0.29, 0.717) is 5.92 Å². The predicted molar refractivity (Wildman–Crippen MR) is 73.7 cm³/mol. The molecule has 17 heavy (non-hydrogen) atoms. The second kappa shape index (κ2) is 7.33. The predicted octanol–water partition coefficient (Wildman–Crippen LogP) is 3.63. The second-order valence-corrected chi connectivity index (χ2v) is 4.66. The maximum atomic E-state index is 5.62. The molecule has 96 valence electrons. The quantitative estimate of drug-likeness (QED) is 0.783. The number of benzene rings is 1. The summed E-state index contributed by atoms with van der Waals surface area (Å²) in [5.74, 6) is 1.60. The van der Waals surface area contributed by atoms with Crippen molar-refractivity contribution in [1.29, 1.82) is 0 Å². The summed E-state index contributed by atoms with van der Waals surface area (Å²) in [5, 5.41) is 0. The number of aryl methyl sites for hydroxylation is 1. The van der Waals surface area contributed by atoms with Crippen molar-refractivity contribution in [3.63, 3.8) is 0 Å². The van der Waals surface area contributed by atoms with Crippen LogP contribution in [0.4, 0.5) is 0 Å². The average molecular weight is 235 g/mol. The van der Waals surface area contributed by atoms with E-state index in [4.69, 9.17) is 10.5 Å². The Morgan fingerprint density at radius 2 is 2.06 bits per heavy atom. The highest BCUT2D eigenvalue weighted by Crippen LogP contribution is 2.33. The largest absolute Gasteiger partial charge is 0.496 e. The fraction of sp³-hybridized carbons (Fsp3) is 0.600. The van der Waals surface area contributed by atoms with Crippen LogP contribution in [0, 0.1) is 6.92 Å². The minimum absolute atomic E-state index is 0.582. The van der Waals surface area contributed by atoms with Gasteiger partial charge in [-0.15, -0.1) is 0 Å². The molecule has 0 amide bonds. The third-order valence-electron chi connectivity index (χ3n) is 3.22. The van der Waals surface area contributed by atoms with Crippen LogP contribution in [0.5, 0.6) is 5.75 Å². The van der Waals surface area contributed by atoms with Gasteiger partial charge in [-0.25, -0.2) is 0 Å². The van der Waals surface area contributed by atoms with Gasteiger partial charge in [0.25, 0.3) is 0 Å². The molecule has 0 bridgehead atoms. The van der Waals surface area contributed by atoms with Gasteiger partial charge in [0.05, 0.1) is 7.11 Å². The van der Waals surface area contributed by atoms with E-state index >= 15 is 0 Å². The van der Waals surface area contributed by atoms with Crippen LogP contribution in [-0.2, 0) is 0 Å². The number of hydrogen-bond donors (Lipinski definition) is 1. The van der Waals surface area contributed by atoms with E-state index in [1.807, 2.05) is 0 Å². The first-order chi connectivity index (χ1) is 8.22. The maximum Gasteiger partial charge on any atom is 0.122 e. The van der Waals surface area contributed by atoms with Gasteiger partial charge < -0.3 is 10.5 Å². The van der Waals surface area contributed by atoms with E-state index in [0.717, 1.165) is 25.1 Å². The van der Waals surface area contributed by atoms with Crippen molar-refractivity contribution >= 4 is 0 Å². The minimum atomic E-state index is 0.582. The smallest absolute Gasteiger partial charge is 0.122 e. The molecule has 1 aromatic carbocycles. The van der Waals surface area contributed by atoms with E-state index in [9.17, 15) is 0 Å². The Bertz CT molecular complexity index is 336. The van der Waals surface area contributed by atoms with Crippen LogP contribution in [0.15, 0.2) is 18.2 Å². The Balaban J connectivity index is 2.93. The first kappa shape index (κ1) is 14.0. The third-order valence-corrected chi connectivity index (χ3v) is 3.22. The van der Waals surface area contributed by atoms with E-state index < -0.39 is 0 Å². The van der Waals surface area contributed by atoms with E-state index in [2.05, 4.69) is 32.0 Å². The zero-order chi connectivity index (χ0) is 12.7. The normalized spacial score (nSPS) is 12.5. The Morgan fingerprint density at radius 3 is 2.65 bits per heavy atom. The van der Waals surface area contributed by atoms with Gasteiger partial charge in [-0.3, -0.25) is 0 Å². The molecule has 2 heteroatoms. The van der Waals surface area contributed by atoms with E-state index in [1.54, 1.807) is 7.11 Å². The molecular weight excluding hydrogens is 210 g/mol. The summed E-state index contributed by atoms with van der Waals surface area (Å²) in [7, 11) is 1.75. The average Bonchev–Trinajstić information content (AvgIpc) is 2.34. The number of methoxy groups -OCH3 is 1. The molecule has 0 aliphatic rings. The van der Waals surface area contributed by atoms with Crippen LogP contribution in [0.1, 0.15) is 49.7 Å².